The molecule has 2 rings (SSSR count). The van der Waals surface area contributed by atoms with Gasteiger partial charge in [0.25, 0.3) is 5.91 Å². The fraction of sp³-hybridized carbons (Fsp3) is 0.667. The predicted octanol–water partition coefficient (Wildman–Crippen LogP) is -0.204. The quantitative estimate of drug-likeness (QED) is 0.666. The van der Waals surface area contributed by atoms with Gasteiger partial charge in [0.1, 0.15) is 5.54 Å². The highest BCUT2D eigenvalue weighted by molar-refractivity contribution is 5.96. The molecule has 110 valence electrons. The summed E-state index contributed by atoms with van der Waals surface area (Å²) in [5, 5.41) is 22.7. The van der Waals surface area contributed by atoms with Gasteiger partial charge >= 0.3 is 5.97 Å². The monoisotopic (exact) mass is 281 g/mol. The van der Waals surface area contributed by atoms with Gasteiger partial charge in [-0.3, -0.25) is 4.79 Å². The van der Waals surface area contributed by atoms with Crippen molar-refractivity contribution in [2.24, 2.45) is 0 Å². The van der Waals surface area contributed by atoms with Crippen LogP contribution in [0.4, 0.5) is 0 Å². The van der Waals surface area contributed by atoms with Gasteiger partial charge < -0.3 is 15.7 Å². The first-order valence-electron chi connectivity index (χ1n) is 6.71. The molecule has 0 aliphatic carbocycles. The lowest BCUT2D eigenvalue weighted by molar-refractivity contribution is -0.144. The number of hydrogen-bond donors (Lipinski definition) is 3. The molecule has 1 saturated heterocycles. The molecule has 0 atom stereocenters. The maximum atomic E-state index is 12.1. The average Bonchev–Trinajstić information content (AvgIpc) is 2.82. The SMILES string of the molecule is CCC(CC)(NC(=O)c1cn(C2CNC2)nn1)C(=O)O. The van der Waals surface area contributed by atoms with Crippen LogP contribution < -0.4 is 10.6 Å². The van der Waals surface area contributed by atoms with E-state index >= 15 is 0 Å². The van der Waals surface area contributed by atoms with E-state index in [9.17, 15) is 14.7 Å². The van der Waals surface area contributed by atoms with E-state index < -0.39 is 17.4 Å². The van der Waals surface area contributed by atoms with Crippen LogP contribution in [-0.2, 0) is 4.79 Å². The fourth-order valence-electron chi connectivity index (χ4n) is 2.08. The minimum Gasteiger partial charge on any atom is -0.480 e. The Morgan fingerprint density at radius 3 is 2.60 bits per heavy atom. The van der Waals surface area contributed by atoms with Crippen LogP contribution in [0, 0.1) is 0 Å². The van der Waals surface area contributed by atoms with E-state index in [1.54, 1.807) is 24.7 Å². The molecule has 1 aliphatic heterocycles. The molecule has 2 heterocycles. The average molecular weight is 281 g/mol. The number of carbonyl (C=O) groups is 2. The van der Waals surface area contributed by atoms with Crippen LogP contribution in [0.3, 0.4) is 0 Å². The summed E-state index contributed by atoms with van der Waals surface area (Å²) in [5.41, 5.74) is -1.11. The molecule has 0 bridgehead atoms. The number of aliphatic carboxylic acids is 1. The number of rotatable bonds is 6. The Balaban J connectivity index is 2.10. The van der Waals surface area contributed by atoms with Gasteiger partial charge in [-0.05, 0) is 12.8 Å². The van der Waals surface area contributed by atoms with Crippen LogP contribution in [0.25, 0.3) is 0 Å². The number of nitrogens with one attached hydrogen (secondary N) is 2. The maximum Gasteiger partial charge on any atom is 0.329 e. The lowest BCUT2D eigenvalue weighted by atomic mass is 9.93. The Labute approximate surface area is 116 Å². The molecule has 1 aliphatic rings. The van der Waals surface area contributed by atoms with Crippen molar-refractivity contribution in [3.63, 3.8) is 0 Å². The first kappa shape index (κ1) is 14.4. The fourth-order valence-corrected chi connectivity index (χ4v) is 2.08. The van der Waals surface area contributed by atoms with Crippen LogP contribution in [0.5, 0.6) is 0 Å². The number of amides is 1. The van der Waals surface area contributed by atoms with E-state index in [1.165, 1.54) is 0 Å². The van der Waals surface area contributed by atoms with Gasteiger partial charge in [-0.15, -0.1) is 5.10 Å². The molecule has 3 N–H and O–H groups in total. The zero-order valence-corrected chi connectivity index (χ0v) is 11.6. The second kappa shape index (κ2) is 5.58. The lowest BCUT2D eigenvalue weighted by Crippen LogP contribution is -2.53. The Morgan fingerprint density at radius 1 is 1.50 bits per heavy atom. The van der Waals surface area contributed by atoms with Crippen molar-refractivity contribution in [1.82, 2.24) is 25.6 Å². The molecule has 1 aromatic rings. The molecule has 0 spiro atoms. The third kappa shape index (κ3) is 2.51. The summed E-state index contributed by atoms with van der Waals surface area (Å²) in [7, 11) is 0. The first-order valence-corrected chi connectivity index (χ1v) is 6.71. The van der Waals surface area contributed by atoms with Gasteiger partial charge in [0, 0.05) is 13.1 Å². The maximum absolute atomic E-state index is 12.1. The van der Waals surface area contributed by atoms with Crippen LogP contribution >= 0.6 is 0 Å². The summed E-state index contributed by atoms with van der Waals surface area (Å²) in [6.07, 6.45) is 2.18. The van der Waals surface area contributed by atoms with Crippen molar-refractivity contribution in [3.05, 3.63) is 11.9 Å². The Bertz CT molecular complexity index is 505. The molecule has 1 amide bonds. The summed E-state index contributed by atoms with van der Waals surface area (Å²) in [4.78, 5) is 23.5. The summed E-state index contributed by atoms with van der Waals surface area (Å²) in [6.45, 7) is 5.06. The smallest absolute Gasteiger partial charge is 0.329 e. The van der Waals surface area contributed by atoms with E-state index in [-0.39, 0.29) is 11.7 Å². The highest BCUT2D eigenvalue weighted by Gasteiger charge is 2.37. The highest BCUT2D eigenvalue weighted by Crippen LogP contribution is 2.16. The van der Waals surface area contributed by atoms with E-state index in [2.05, 4.69) is 20.9 Å². The predicted molar refractivity (Wildman–Crippen MR) is 70.3 cm³/mol. The number of aromatic nitrogens is 3. The number of nitrogens with zero attached hydrogens (tertiary/aromatic N) is 3. The topological polar surface area (TPSA) is 109 Å². The molecule has 0 aromatic carbocycles. The highest BCUT2D eigenvalue weighted by atomic mass is 16.4. The van der Waals surface area contributed by atoms with Gasteiger partial charge in [-0.25, -0.2) is 9.48 Å². The molecule has 0 radical (unpaired) electrons. The summed E-state index contributed by atoms with van der Waals surface area (Å²) >= 11 is 0. The van der Waals surface area contributed by atoms with E-state index in [0.717, 1.165) is 13.1 Å². The molecule has 0 unspecified atom stereocenters. The van der Waals surface area contributed by atoms with E-state index in [0.29, 0.717) is 12.8 Å². The zero-order chi connectivity index (χ0) is 14.8. The van der Waals surface area contributed by atoms with Crippen molar-refractivity contribution in [2.45, 2.75) is 38.3 Å². The Kier molecular flexibility index (Phi) is 4.03. The molecule has 20 heavy (non-hydrogen) atoms. The molecule has 0 saturated carbocycles. The molecule has 1 fully saturated rings. The van der Waals surface area contributed by atoms with Crippen LogP contribution in [0.2, 0.25) is 0 Å². The van der Waals surface area contributed by atoms with E-state index in [1.807, 2.05) is 0 Å². The summed E-state index contributed by atoms with van der Waals surface area (Å²) < 4.78 is 1.63. The third-order valence-corrected chi connectivity index (χ3v) is 3.85. The molecule has 8 nitrogen and oxygen atoms in total. The minimum absolute atomic E-state index is 0.143. The van der Waals surface area contributed by atoms with Crippen LogP contribution in [-0.4, -0.2) is 50.6 Å². The molecule has 1 aromatic heterocycles. The van der Waals surface area contributed by atoms with Gasteiger partial charge in [0.15, 0.2) is 5.69 Å². The second-order valence-electron chi connectivity index (χ2n) is 4.94. The molecular formula is C12H19N5O3. The Morgan fingerprint density at radius 2 is 2.15 bits per heavy atom. The van der Waals surface area contributed by atoms with E-state index in [4.69, 9.17) is 0 Å². The molecular weight excluding hydrogens is 262 g/mol. The number of carboxylic acids is 1. The summed E-state index contributed by atoms with van der Waals surface area (Å²) in [5.74, 6) is -1.54. The molecule has 8 heteroatoms. The van der Waals surface area contributed by atoms with Crippen molar-refractivity contribution >= 4 is 11.9 Å². The van der Waals surface area contributed by atoms with Gasteiger partial charge in [0.2, 0.25) is 0 Å². The van der Waals surface area contributed by atoms with Gasteiger partial charge in [0.05, 0.1) is 12.2 Å². The number of carboxylic acid groups (broad SMARTS) is 1. The standard InChI is InChI=1S/C12H19N5O3/c1-3-12(4-2,11(19)20)14-10(18)9-7-17(16-15-9)8-5-13-6-8/h7-8,13H,3-6H2,1-2H3,(H,14,18)(H,19,20). The third-order valence-electron chi connectivity index (χ3n) is 3.85. The second-order valence-corrected chi connectivity index (χ2v) is 4.94. The van der Waals surface area contributed by atoms with Crippen molar-refractivity contribution < 1.29 is 14.7 Å². The zero-order valence-electron chi connectivity index (χ0n) is 11.6. The largest absolute Gasteiger partial charge is 0.480 e. The number of hydrogen-bond acceptors (Lipinski definition) is 5. The normalized spacial score (nSPS) is 15.7. The van der Waals surface area contributed by atoms with Gasteiger partial charge in [-0.2, -0.15) is 0 Å². The van der Waals surface area contributed by atoms with Gasteiger partial charge in [-0.1, -0.05) is 19.1 Å². The summed E-state index contributed by atoms with van der Waals surface area (Å²) in [6, 6.07) is 0.214. The van der Waals surface area contributed by atoms with Crippen LogP contribution in [0.1, 0.15) is 43.2 Å². The van der Waals surface area contributed by atoms with Crippen LogP contribution in [0.15, 0.2) is 6.20 Å². The number of carbonyl (C=O) groups excluding carboxylic acids is 1. The van der Waals surface area contributed by atoms with Crippen molar-refractivity contribution in [1.29, 1.82) is 0 Å². The Hall–Kier alpha value is -1.96. The van der Waals surface area contributed by atoms with Crippen molar-refractivity contribution in [2.75, 3.05) is 13.1 Å². The lowest BCUT2D eigenvalue weighted by Gasteiger charge is -2.27. The van der Waals surface area contributed by atoms with Crippen molar-refractivity contribution in [3.8, 4) is 0 Å². The minimum atomic E-state index is -1.25. The first-order chi connectivity index (χ1) is 9.52.